The van der Waals surface area contributed by atoms with Gasteiger partial charge in [-0.3, -0.25) is 5.32 Å². The van der Waals surface area contributed by atoms with Crippen LogP contribution in [0.5, 0.6) is 0 Å². The quantitative estimate of drug-likeness (QED) is 0.847. The van der Waals surface area contributed by atoms with Crippen molar-refractivity contribution < 1.29 is 13.9 Å². The third kappa shape index (κ3) is 3.36. The highest BCUT2D eigenvalue weighted by Gasteiger charge is 2.20. The molecule has 0 bridgehead atoms. The number of nitrogens with one attached hydrogen (secondary N) is 1. The van der Waals surface area contributed by atoms with Gasteiger partial charge in [-0.25, -0.2) is 9.18 Å². The molecule has 1 aromatic rings. The zero-order valence-electron chi connectivity index (χ0n) is 9.51. The number of benzene rings is 1. The molecule has 0 radical (unpaired) electrons. The van der Waals surface area contributed by atoms with Crippen molar-refractivity contribution in [3.8, 4) is 0 Å². The second-order valence-corrected chi connectivity index (χ2v) is 5.44. The Morgan fingerprint density at radius 3 is 2.72 bits per heavy atom. The zero-order valence-corrected chi connectivity index (χ0v) is 11.9. The Hall–Kier alpha value is -0.810. The van der Waals surface area contributed by atoms with Crippen LogP contribution in [0.1, 0.15) is 25.7 Å². The predicted octanol–water partition coefficient (Wildman–Crippen LogP) is 4.73. The van der Waals surface area contributed by atoms with E-state index in [0.717, 1.165) is 31.7 Å². The fraction of sp³-hybridized carbons (Fsp3) is 0.417. The maximum Gasteiger partial charge on any atom is 0.411 e. The molecule has 2 rings (SSSR count). The molecule has 1 amide bonds. The first-order chi connectivity index (χ1) is 8.56. The zero-order chi connectivity index (χ0) is 13.1. The molecule has 0 spiro atoms. The number of amides is 1. The summed E-state index contributed by atoms with van der Waals surface area (Å²) in [4.78, 5) is 11.7. The van der Waals surface area contributed by atoms with Gasteiger partial charge in [0.2, 0.25) is 0 Å². The van der Waals surface area contributed by atoms with E-state index in [2.05, 4.69) is 21.2 Å². The molecule has 98 valence electrons. The van der Waals surface area contributed by atoms with Gasteiger partial charge >= 0.3 is 6.09 Å². The fourth-order valence-corrected chi connectivity index (χ4v) is 2.85. The fourth-order valence-electron chi connectivity index (χ4n) is 1.95. The Labute approximate surface area is 118 Å². The molecule has 1 saturated carbocycles. The highest BCUT2D eigenvalue weighted by molar-refractivity contribution is 9.10. The Morgan fingerprint density at radius 2 is 2.11 bits per heavy atom. The maximum absolute atomic E-state index is 13.0. The third-order valence-corrected chi connectivity index (χ3v) is 3.73. The maximum atomic E-state index is 13.0. The van der Waals surface area contributed by atoms with Crippen LogP contribution in [-0.2, 0) is 4.74 Å². The second-order valence-electron chi connectivity index (χ2n) is 4.18. The molecule has 1 aliphatic carbocycles. The number of rotatable bonds is 2. The molecule has 0 atom stereocenters. The monoisotopic (exact) mass is 335 g/mol. The standard InChI is InChI=1S/C12H12BrClFNO2/c13-9-5-7(15)6-10(14)11(9)16-12(17)18-8-3-1-2-4-8/h5-6,8H,1-4H2,(H,16,17). The number of hydrogen-bond donors (Lipinski definition) is 1. The minimum absolute atomic E-state index is 0.0250. The average Bonchev–Trinajstić information content (AvgIpc) is 2.76. The van der Waals surface area contributed by atoms with Crippen LogP contribution < -0.4 is 5.32 Å². The highest BCUT2D eigenvalue weighted by atomic mass is 79.9. The van der Waals surface area contributed by atoms with Gasteiger partial charge in [-0.1, -0.05) is 11.6 Å². The summed E-state index contributed by atoms with van der Waals surface area (Å²) in [7, 11) is 0. The van der Waals surface area contributed by atoms with Gasteiger partial charge < -0.3 is 4.74 Å². The van der Waals surface area contributed by atoms with Gasteiger partial charge in [-0.15, -0.1) is 0 Å². The summed E-state index contributed by atoms with van der Waals surface area (Å²) >= 11 is 9.00. The van der Waals surface area contributed by atoms with E-state index in [4.69, 9.17) is 16.3 Å². The van der Waals surface area contributed by atoms with E-state index in [0.29, 0.717) is 10.2 Å². The topological polar surface area (TPSA) is 38.3 Å². The summed E-state index contributed by atoms with van der Waals surface area (Å²) in [6, 6.07) is 2.37. The smallest absolute Gasteiger partial charge is 0.411 e. The molecule has 0 heterocycles. The SMILES string of the molecule is O=C(Nc1c(Cl)cc(F)cc1Br)OC1CCCC1. The van der Waals surface area contributed by atoms with E-state index in [-0.39, 0.29) is 11.1 Å². The van der Waals surface area contributed by atoms with E-state index in [1.54, 1.807) is 0 Å². The number of anilines is 1. The van der Waals surface area contributed by atoms with Gasteiger partial charge in [0.05, 0.1) is 10.7 Å². The van der Waals surface area contributed by atoms with Gasteiger partial charge in [0.1, 0.15) is 11.9 Å². The van der Waals surface area contributed by atoms with E-state index in [9.17, 15) is 9.18 Å². The van der Waals surface area contributed by atoms with E-state index >= 15 is 0 Å². The minimum Gasteiger partial charge on any atom is -0.446 e. The molecular formula is C12H12BrClFNO2. The van der Waals surface area contributed by atoms with Gasteiger partial charge in [0.15, 0.2) is 0 Å². The van der Waals surface area contributed by atoms with Crippen molar-refractivity contribution in [3.63, 3.8) is 0 Å². The van der Waals surface area contributed by atoms with Crippen LogP contribution in [0.3, 0.4) is 0 Å². The molecule has 0 unspecified atom stereocenters. The first-order valence-corrected chi connectivity index (χ1v) is 6.85. The van der Waals surface area contributed by atoms with Gasteiger partial charge in [0.25, 0.3) is 0 Å². The minimum atomic E-state index is -0.559. The number of hydrogen-bond acceptors (Lipinski definition) is 2. The Balaban J connectivity index is 2.02. The first kappa shape index (κ1) is 13.6. The van der Waals surface area contributed by atoms with Crippen LogP contribution in [0.15, 0.2) is 16.6 Å². The normalized spacial score (nSPS) is 15.7. The average molecular weight is 337 g/mol. The lowest BCUT2D eigenvalue weighted by Gasteiger charge is -2.14. The lowest BCUT2D eigenvalue weighted by atomic mass is 10.3. The number of ether oxygens (including phenoxy) is 1. The molecular weight excluding hydrogens is 324 g/mol. The molecule has 1 N–H and O–H groups in total. The van der Waals surface area contributed by atoms with Crippen molar-refractivity contribution in [3.05, 3.63) is 27.4 Å². The lowest BCUT2D eigenvalue weighted by Crippen LogP contribution is -2.20. The molecule has 18 heavy (non-hydrogen) atoms. The summed E-state index contributed by atoms with van der Waals surface area (Å²) in [5, 5.41) is 2.66. The van der Waals surface area contributed by atoms with E-state index < -0.39 is 11.9 Å². The molecule has 1 aromatic carbocycles. The molecule has 6 heteroatoms. The molecule has 3 nitrogen and oxygen atoms in total. The van der Waals surface area contributed by atoms with E-state index in [1.807, 2.05) is 0 Å². The van der Waals surface area contributed by atoms with Crippen LogP contribution >= 0.6 is 27.5 Å². The first-order valence-electron chi connectivity index (χ1n) is 5.68. The van der Waals surface area contributed by atoms with Crippen molar-refractivity contribution in [2.45, 2.75) is 31.8 Å². The van der Waals surface area contributed by atoms with Crippen molar-refractivity contribution in [1.29, 1.82) is 0 Å². The van der Waals surface area contributed by atoms with Crippen LogP contribution in [0.25, 0.3) is 0 Å². The van der Waals surface area contributed by atoms with Crippen molar-refractivity contribution >= 4 is 39.3 Å². The summed E-state index contributed by atoms with van der Waals surface area (Å²) in [6.07, 6.45) is 3.37. The summed E-state index contributed by atoms with van der Waals surface area (Å²) in [5.74, 6) is -0.471. The van der Waals surface area contributed by atoms with Gasteiger partial charge in [-0.2, -0.15) is 0 Å². The van der Waals surface area contributed by atoms with E-state index in [1.165, 1.54) is 6.07 Å². The molecule has 1 fully saturated rings. The predicted molar refractivity (Wildman–Crippen MR) is 71.5 cm³/mol. The third-order valence-electron chi connectivity index (χ3n) is 2.81. The van der Waals surface area contributed by atoms with Crippen LogP contribution in [0, 0.1) is 5.82 Å². The number of carbonyl (C=O) groups is 1. The highest BCUT2D eigenvalue weighted by Crippen LogP contribution is 2.32. The van der Waals surface area contributed by atoms with Crippen LogP contribution in [0.4, 0.5) is 14.9 Å². The van der Waals surface area contributed by atoms with Gasteiger partial charge in [0, 0.05) is 4.47 Å². The van der Waals surface area contributed by atoms with Gasteiger partial charge in [-0.05, 0) is 53.7 Å². The Kier molecular flexibility index (Phi) is 4.45. The van der Waals surface area contributed by atoms with Crippen LogP contribution in [-0.4, -0.2) is 12.2 Å². The summed E-state index contributed by atoms with van der Waals surface area (Å²) in [5.41, 5.74) is 0.320. The Bertz CT molecular complexity index is 440. The second kappa shape index (κ2) is 5.89. The molecule has 1 aliphatic rings. The van der Waals surface area contributed by atoms with Crippen molar-refractivity contribution in [1.82, 2.24) is 0 Å². The molecule has 0 aliphatic heterocycles. The number of carbonyl (C=O) groups excluding carboxylic acids is 1. The number of halogens is 3. The molecule has 0 aromatic heterocycles. The largest absolute Gasteiger partial charge is 0.446 e. The summed E-state index contributed by atoms with van der Waals surface area (Å²) < 4.78 is 18.6. The van der Waals surface area contributed by atoms with Crippen LogP contribution in [0.2, 0.25) is 5.02 Å². The van der Waals surface area contributed by atoms with Crippen molar-refractivity contribution in [2.75, 3.05) is 5.32 Å². The summed E-state index contributed by atoms with van der Waals surface area (Å²) in [6.45, 7) is 0. The van der Waals surface area contributed by atoms with Crippen molar-refractivity contribution in [2.24, 2.45) is 0 Å². The Morgan fingerprint density at radius 1 is 1.44 bits per heavy atom. The lowest BCUT2D eigenvalue weighted by molar-refractivity contribution is 0.114. The molecule has 0 saturated heterocycles.